The van der Waals surface area contributed by atoms with E-state index in [1.54, 1.807) is 28.4 Å². The molecule has 3 aromatic carbocycles. The Bertz CT molecular complexity index is 3460. The number of ether oxygens (including phenoxy) is 14. The van der Waals surface area contributed by atoms with E-state index in [0.29, 0.717) is 110 Å². The molecule has 0 fully saturated rings. The third kappa shape index (κ3) is 40.3. The first-order chi connectivity index (χ1) is 53.7. The van der Waals surface area contributed by atoms with Crippen molar-refractivity contribution in [3.05, 3.63) is 79.5 Å². The summed E-state index contributed by atoms with van der Waals surface area (Å²) in [6.07, 6.45) is 34.9. The van der Waals surface area contributed by atoms with Crippen LogP contribution < -0.4 is 47.4 Å². The van der Waals surface area contributed by atoms with Crippen LogP contribution in [-0.2, 0) is 76.6 Å². The largest absolute Gasteiger partial charge is 0.492 e. The minimum absolute atomic E-state index is 0. The van der Waals surface area contributed by atoms with Gasteiger partial charge in [-0.05, 0) is 174 Å². The summed E-state index contributed by atoms with van der Waals surface area (Å²) in [6.45, 7) is 22.3. The first-order valence-corrected chi connectivity index (χ1v) is 40.5. The molecule has 22 nitrogen and oxygen atoms in total. The molecule has 0 N–H and O–H groups in total. The van der Waals surface area contributed by atoms with Gasteiger partial charge in [0.05, 0.1) is 71.1 Å². The summed E-state index contributed by atoms with van der Waals surface area (Å²) in [4.78, 5) is 95.9. The van der Waals surface area contributed by atoms with E-state index in [-0.39, 0.29) is 91.0 Å². The second-order valence-electron chi connectivity index (χ2n) is 28.5. The predicted octanol–water partition coefficient (Wildman–Crippen LogP) is 21.4. The second-order valence-corrected chi connectivity index (χ2v) is 28.5. The zero-order valence-corrected chi connectivity index (χ0v) is 72.4. The van der Waals surface area contributed by atoms with E-state index in [0.717, 1.165) is 194 Å². The minimum atomic E-state index is -0.375. The Morgan fingerprint density at radius 3 is 0.708 bits per heavy atom. The average molecular weight is 1590 g/mol. The Morgan fingerprint density at radius 2 is 0.442 bits per heavy atom. The van der Waals surface area contributed by atoms with Gasteiger partial charge in [0.15, 0.2) is 34.5 Å². The molecule has 0 radical (unpaired) electrons. The van der Waals surface area contributed by atoms with Gasteiger partial charge >= 0.3 is 47.8 Å². The molecule has 113 heavy (non-hydrogen) atoms. The fourth-order valence-electron chi connectivity index (χ4n) is 12.5. The summed E-state index contributed by atoms with van der Waals surface area (Å²) in [6, 6.07) is 0. The highest BCUT2D eigenvalue weighted by Crippen LogP contribution is 2.51. The van der Waals surface area contributed by atoms with Crippen molar-refractivity contribution in [2.24, 2.45) is 0 Å². The maximum atomic E-state index is 13.0. The van der Waals surface area contributed by atoms with Crippen molar-refractivity contribution < 1.29 is 105 Å². The van der Waals surface area contributed by atoms with E-state index in [4.69, 9.17) is 47.4 Å². The lowest BCUT2D eigenvalue weighted by Crippen LogP contribution is -2.14. The zero-order chi connectivity index (χ0) is 83.9. The fourth-order valence-corrected chi connectivity index (χ4v) is 12.5. The normalized spacial score (nSPS) is 10.9. The summed E-state index contributed by atoms with van der Waals surface area (Å²) in [5.74, 6) is 2.04. The molecule has 0 aromatic heterocycles. The number of hydrogen-bond acceptors (Lipinski definition) is 22. The lowest BCUT2D eigenvalue weighted by molar-refractivity contribution is -0.141. The summed E-state index contributed by atoms with van der Waals surface area (Å²) in [5, 5.41) is 0. The van der Waals surface area contributed by atoms with Crippen molar-refractivity contribution >= 4 is 47.8 Å². The summed E-state index contributed by atoms with van der Waals surface area (Å²) < 4.78 is 75.9. The van der Waals surface area contributed by atoms with Crippen molar-refractivity contribution in [1.29, 1.82) is 0 Å². The van der Waals surface area contributed by atoms with Gasteiger partial charge in [0.2, 0.25) is 23.0 Å². The van der Waals surface area contributed by atoms with Gasteiger partial charge in [-0.15, -0.1) is 0 Å². The molecular formula is C91H144O22. The van der Waals surface area contributed by atoms with Crippen LogP contribution in [0.5, 0.6) is 57.5 Å². The number of esters is 8. The molecule has 3 rings (SSSR count). The van der Waals surface area contributed by atoms with Crippen LogP contribution in [0.15, 0.2) is 34.9 Å². The third-order valence-electron chi connectivity index (χ3n) is 19.9. The molecular weight excluding hydrogens is 1440 g/mol. The number of allylic oxidation sites excluding steroid dienone is 6. The number of methoxy groups -OCH3 is 10. The van der Waals surface area contributed by atoms with Gasteiger partial charge in [-0.1, -0.05) is 159 Å². The van der Waals surface area contributed by atoms with Gasteiger partial charge in [-0.3, -0.25) is 38.4 Å². The van der Waals surface area contributed by atoms with E-state index >= 15 is 0 Å². The molecule has 0 aliphatic carbocycles. The monoisotopic (exact) mass is 1590 g/mol. The Morgan fingerprint density at radius 1 is 0.239 bits per heavy atom. The molecule has 22 heteroatoms. The maximum Gasteiger partial charge on any atom is 0.311 e. The lowest BCUT2D eigenvalue weighted by atomic mass is 9.96. The van der Waals surface area contributed by atoms with Crippen LogP contribution in [0.1, 0.15) is 312 Å². The molecule has 0 heterocycles. The van der Waals surface area contributed by atoms with Gasteiger partial charge in [0.1, 0.15) is 0 Å². The Labute approximate surface area is 678 Å². The van der Waals surface area contributed by atoms with Crippen molar-refractivity contribution in [1.82, 2.24) is 0 Å². The third-order valence-corrected chi connectivity index (χ3v) is 19.9. The molecule has 0 saturated carbocycles. The Hall–Kier alpha value is -8.56. The molecule has 0 aliphatic heterocycles. The van der Waals surface area contributed by atoms with E-state index < -0.39 is 0 Å². The van der Waals surface area contributed by atoms with Gasteiger partial charge in [-0.25, -0.2) is 0 Å². The molecule has 0 atom stereocenters. The summed E-state index contributed by atoms with van der Waals surface area (Å²) >= 11 is 0. The molecule has 0 saturated heterocycles. The van der Waals surface area contributed by atoms with Gasteiger partial charge in [0.25, 0.3) is 0 Å². The Balaban J connectivity index is 0.00000170. The van der Waals surface area contributed by atoms with Crippen LogP contribution in [0.4, 0.5) is 0 Å². The van der Waals surface area contributed by atoms with Crippen LogP contribution in [-0.4, -0.2) is 119 Å². The topological polar surface area (TPSA) is 266 Å². The minimum Gasteiger partial charge on any atom is -0.492 e. The standard InChI is InChI=1S/C37H58O10.C27H42O6.C26H40O6.CH4/c1-8-27(2)25-26-29-28(3)34(46-32(40)23-19-15-11-9-13-17-21-30(38)42-4)36(44-6)37(45-7)35(29)47-33(41)24-20-16-12-10-14-18-22-31(39)43-5;1-8-19(2)17-18-22-20(3)21(4)25(31-6)27(32-7)26(22)33-24(29)16-14-12-10-9-11-13-15-23(28)30-5;1-18(2)16-17-21-19(3)24(30-6)26(31-7)25(20(21)4)32-23(28)15-13-11-9-8-10-12-14-22(27)29-5;/h25H,8-24,26H2,1-7H3;17H,8-16,18H2,1-7H3;16H,8-15,17H2,1-7H3;1H4/b27-25+;19-17+;;. The van der Waals surface area contributed by atoms with Crippen molar-refractivity contribution in [3.8, 4) is 57.5 Å². The predicted molar refractivity (Wildman–Crippen MR) is 446 cm³/mol. The first-order valence-electron chi connectivity index (χ1n) is 40.5. The van der Waals surface area contributed by atoms with Crippen molar-refractivity contribution in [3.63, 3.8) is 0 Å². The van der Waals surface area contributed by atoms with E-state index in [1.807, 2.05) is 41.5 Å². The quantitative estimate of drug-likeness (QED) is 0.0167. The fraction of sp³-hybridized carbons (Fsp3) is 0.648. The first kappa shape index (κ1) is 104. The number of benzene rings is 3. The number of rotatable bonds is 54. The Kier molecular flexibility index (Phi) is 57.2. The number of unbranched alkanes of at least 4 members (excludes halogenated alkanes) is 20. The second kappa shape index (κ2) is 61.9. The highest BCUT2D eigenvalue weighted by Gasteiger charge is 2.30. The molecule has 0 amide bonds. The van der Waals surface area contributed by atoms with Gasteiger partial charge in [0, 0.05) is 68.1 Å². The van der Waals surface area contributed by atoms with Crippen LogP contribution >= 0.6 is 0 Å². The summed E-state index contributed by atoms with van der Waals surface area (Å²) in [5.41, 5.74) is 11.0. The SMILES string of the molecule is C.CC/C(C)=C/Cc1c(C)c(C)c(OC)c(OC)c1OC(=O)CCCCCCCCC(=O)OC.CC/C(C)=C/Cc1c(C)c(OC(=O)CCCCCCCCC(=O)OC)c(OC)c(OC)c1OC(=O)CCCCCCCCC(=O)OC.COC(=O)CCCCCCCCC(=O)Oc1c(C)c(CC=C(C)C)c(C)c(OC)c1OC. The smallest absolute Gasteiger partial charge is 0.311 e. The number of carbonyl (C=O) groups is 8. The van der Waals surface area contributed by atoms with Crippen molar-refractivity contribution in [2.75, 3.05) is 71.1 Å². The molecule has 0 bridgehead atoms. The maximum absolute atomic E-state index is 13.0. The van der Waals surface area contributed by atoms with Crippen molar-refractivity contribution in [2.45, 2.75) is 321 Å². The van der Waals surface area contributed by atoms with Gasteiger partial charge in [-0.2, -0.15) is 0 Å². The van der Waals surface area contributed by atoms with Gasteiger partial charge < -0.3 is 66.3 Å². The molecule has 640 valence electrons. The number of hydrogen-bond donors (Lipinski definition) is 0. The van der Waals surface area contributed by atoms with E-state index in [1.165, 1.54) is 59.4 Å². The molecule has 0 spiro atoms. The van der Waals surface area contributed by atoms with E-state index in [2.05, 4.69) is 71.8 Å². The lowest BCUT2D eigenvalue weighted by Gasteiger charge is -2.22. The molecule has 0 unspecified atom stereocenters. The average Bonchev–Trinajstić information content (AvgIpc) is 0.779. The number of carbonyl (C=O) groups excluding carboxylic acids is 8. The zero-order valence-electron chi connectivity index (χ0n) is 72.4. The highest BCUT2D eigenvalue weighted by atomic mass is 16.6. The molecule has 0 aliphatic rings. The van der Waals surface area contributed by atoms with Crippen LogP contribution in [0, 0.1) is 34.6 Å². The highest BCUT2D eigenvalue weighted by molar-refractivity contribution is 5.81. The summed E-state index contributed by atoms with van der Waals surface area (Å²) in [7, 11) is 14.9. The van der Waals surface area contributed by atoms with Crippen LogP contribution in [0.2, 0.25) is 0 Å². The van der Waals surface area contributed by atoms with E-state index in [9.17, 15) is 38.4 Å². The van der Waals surface area contributed by atoms with Crippen LogP contribution in [0.3, 0.4) is 0 Å². The molecule has 3 aromatic rings. The van der Waals surface area contributed by atoms with Crippen LogP contribution in [0.25, 0.3) is 0 Å².